The lowest BCUT2D eigenvalue weighted by Crippen LogP contribution is -2.13. The Morgan fingerprint density at radius 3 is 2.11 bits per heavy atom. The zero-order valence-electron chi connectivity index (χ0n) is 9.73. The summed E-state index contributed by atoms with van der Waals surface area (Å²) in [5.41, 5.74) is 0.804. The molecule has 19 heavy (non-hydrogen) atoms. The van der Waals surface area contributed by atoms with E-state index in [1.807, 2.05) is 0 Å². The molecule has 0 amide bonds. The molecule has 0 spiro atoms. The van der Waals surface area contributed by atoms with Crippen molar-refractivity contribution in [2.75, 3.05) is 0 Å². The fraction of sp³-hybridized carbons (Fsp3) is 0.0909. The van der Waals surface area contributed by atoms with Crippen molar-refractivity contribution in [1.82, 2.24) is 0 Å². The van der Waals surface area contributed by atoms with Crippen LogP contribution in [0.1, 0.15) is 5.56 Å². The maximum absolute atomic E-state index is 11.7. The lowest BCUT2D eigenvalue weighted by Gasteiger charge is -2.07. The molecule has 0 aliphatic heterocycles. The van der Waals surface area contributed by atoms with Gasteiger partial charge in [0.25, 0.3) is 0 Å². The van der Waals surface area contributed by atoms with Crippen LogP contribution in [-0.2, 0) is 23.9 Å². The number of aliphatic carboxylic acids is 2. The number of carbonyl (C=O) groups is 2. The standard InChI is InChI=1S/C11H10O7S/c1-7-2-4-8(5-3-7)19(16,17)18-9(11(14)15)6-10(12)13/h2-6H,1H3,(H,12,13)(H,14,15). The van der Waals surface area contributed by atoms with Crippen molar-refractivity contribution >= 4 is 22.1 Å². The summed E-state index contributed by atoms with van der Waals surface area (Å²) in [4.78, 5) is 20.8. The molecule has 0 aliphatic carbocycles. The zero-order chi connectivity index (χ0) is 14.6. The maximum atomic E-state index is 11.7. The molecular formula is C11H10O7S. The van der Waals surface area contributed by atoms with Crippen LogP contribution in [0.5, 0.6) is 0 Å². The van der Waals surface area contributed by atoms with Gasteiger partial charge >= 0.3 is 22.1 Å². The van der Waals surface area contributed by atoms with Gasteiger partial charge in [-0.2, -0.15) is 8.42 Å². The van der Waals surface area contributed by atoms with Crippen molar-refractivity contribution < 1.29 is 32.4 Å². The normalized spacial score (nSPS) is 11.9. The van der Waals surface area contributed by atoms with Gasteiger partial charge in [-0.15, -0.1) is 0 Å². The fourth-order valence-corrected chi connectivity index (χ4v) is 2.03. The fourth-order valence-electron chi connectivity index (χ4n) is 1.10. The maximum Gasteiger partial charge on any atom is 0.373 e. The monoisotopic (exact) mass is 286 g/mol. The smallest absolute Gasteiger partial charge is 0.373 e. The van der Waals surface area contributed by atoms with E-state index < -0.39 is 27.8 Å². The Bertz CT molecular complexity index is 626. The molecule has 0 atom stereocenters. The molecule has 1 rings (SSSR count). The largest absolute Gasteiger partial charge is 0.478 e. The third kappa shape index (κ3) is 4.11. The van der Waals surface area contributed by atoms with Crippen molar-refractivity contribution in [3.8, 4) is 0 Å². The van der Waals surface area contributed by atoms with Crippen molar-refractivity contribution in [2.45, 2.75) is 11.8 Å². The van der Waals surface area contributed by atoms with Crippen LogP contribution < -0.4 is 0 Å². The summed E-state index contributed by atoms with van der Waals surface area (Å²) in [5.74, 6) is -4.61. The van der Waals surface area contributed by atoms with Gasteiger partial charge in [-0.05, 0) is 19.1 Å². The van der Waals surface area contributed by atoms with Crippen LogP contribution in [0.3, 0.4) is 0 Å². The summed E-state index contributed by atoms with van der Waals surface area (Å²) in [5, 5.41) is 17.1. The summed E-state index contributed by atoms with van der Waals surface area (Å²) in [6, 6.07) is 5.45. The molecule has 1 aromatic rings. The van der Waals surface area contributed by atoms with E-state index in [4.69, 9.17) is 10.2 Å². The molecule has 0 bridgehead atoms. The highest BCUT2D eigenvalue weighted by molar-refractivity contribution is 7.86. The molecule has 7 nitrogen and oxygen atoms in total. The molecular weight excluding hydrogens is 276 g/mol. The first-order chi connectivity index (χ1) is 8.72. The third-order valence-electron chi connectivity index (χ3n) is 1.97. The van der Waals surface area contributed by atoms with E-state index in [0.29, 0.717) is 0 Å². The number of aryl methyl sites for hydroxylation is 1. The molecule has 0 unspecified atom stereocenters. The summed E-state index contributed by atoms with van der Waals surface area (Å²) >= 11 is 0. The predicted molar refractivity (Wildman–Crippen MR) is 62.8 cm³/mol. The Balaban J connectivity index is 3.11. The minimum absolute atomic E-state index is 0.161. The van der Waals surface area contributed by atoms with Crippen molar-refractivity contribution in [3.05, 3.63) is 41.7 Å². The number of hydrogen-bond donors (Lipinski definition) is 2. The van der Waals surface area contributed by atoms with Crippen molar-refractivity contribution in [3.63, 3.8) is 0 Å². The number of rotatable bonds is 5. The highest BCUT2D eigenvalue weighted by Crippen LogP contribution is 2.16. The Morgan fingerprint density at radius 1 is 1.16 bits per heavy atom. The second-order valence-corrected chi connectivity index (χ2v) is 5.05. The SMILES string of the molecule is Cc1ccc(S(=O)(=O)OC(=CC(=O)O)C(=O)O)cc1. The van der Waals surface area contributed by atoms with Gasteiger partial charge in [0.15, 0.2) is 0 Å². The Kier molecular flexibility index (Phi) is 4.28. The number of carboxylic acid groups (broad SMARTS) is 2. The minimum atomic E-state index is -4.38. The lowest BCUT2D eigenvalue weighted by atomic mass is 10.2. The van der Waals surface area contributed by atoms with Gasteiger partial charge in [0.1, 0.15) is 4.90 Å². The zero-order valence-corrected chi connectivity index (χ0v) is 10.5. The van der Waals surface area contributed by atoms with E-state index in [0.717, 1.165) is 5.56 Å². The van der Waals surface area contributed by atoms with E-state index in [2.05, 4.69) is 4.18 Å². The molecule has 2 N–H and O–H groups in total. The Morgan fingerprint density at radius 2 is 1.68 bits per heavy atom. The first-order valence-corrected chi connectivity index (χ1v) is 6.32. The van der Waals surface area contributed by atoms with Gasteiger partial charge in [-0.25, -0.2) is 9.59 Å². The molecule has 0 heterocycles. The van der Waals surface area contributed by atoms with Crippen LogP contribution in [0.4, 0.5) is 0 Å². The van der Waals surface area contributed by atoms with Crippen LogP contribution in [0.2, 0.25) is 0 Å². The number of benzene rings is 1. The summed E-state index contributed by atoms with van der Waals surface area (Å²) in [7, 11) is -4.38. The molecule has 0 aromatic heterocycles. The molecule has 0 saturated heterocycles. The van der Waals surface area contributed by atoms with Crippen LogP contribution in [0, 0.1) is 6.92 Å². The molecule has 0 aliphatic rings. The highest BCUT2D eigenvalue weighted by Gasteiger charge is 2.22. The first kappa shape index (κ1) is 14.7. The van der Waals surface area contributed by atoms with Crippen LogP contribution >= 0.6 is 0 Å². The van der Waals surface area contributed by atoms with E-state index in [-0.39, 0.29) is 11.0 Å². The second-order valence-electron chi connectivity index (χ2n) is 3.50. The van der Waals surface area contributed by atoms with Gasteiger partial charge in [0.05, 0.1) is 6.08 Å². The van der Waals surface area contributed by atoms with Gasteiger partial charge in [0, 0.05) is 0 Å². The molecule has 0 radical (unpaired) electrons. The Hall–Kier alpha value is -2.35. The average Bonchev–Trinajstić information content (AvgIpc) is 2.27. The highest BCUT2D eigenvalue weighted by atomic mass is 32.2. The van der Waals surface area contributed by atoms with E-state index >= 15 is 0 Å². The van der Waals surface area contributed by atoms with E-state index in [9.17, 15) is 18.0 Å². The number of hydrogen-bond acceptors (Lipinski definition) is 5. The molecule has 8 heteroatoms. The third-order valence-corrected chi connectivity index (χ3v) is 3.22. The quantitative estimate of drug-likeness (QED) is 0.466. The van der Waals surface area contributed by atoms with E-state index in [1.54, 1.807) is 6.92 Å². The van der Waals surface area contributed by atoms with Crippen LogP contribution in [0.15, 0.2) is 41.0 Å². The van der Waals surface area contributed by atoms with Gasteiger partial charge in [-0.1, -0.05) is 17.7 Å². The topological polar surface area (TPSA) is 118 Å². The predicted octanol–water partition coefficient (Wildman–Crippen LogP) is 0.753. The van der Waals surface area contributed by atoms with E-state index in [1.165, 1.54) is 24.3 Å². The summed E-state index contributed by atoms with van der Waals surface area (Å²) in [6.45, 7) is 1.74. The molecule has 0 saturated carbocycles. The van der Waals surface area contributed by atoms with Gasteiger partial charge in [-0.3, -0.25) is 0 Å². The van der Waals surface area contributed by atoms with Crippen LogP contribution in [0.25, 0.3) is 0 Å². The molecule has 102 valence electrons. The first-order valence-electron chi connectivity index (χ1n) is 4.91. The van der Waals surface area contributed by atoms with Crippen molar-refractivity contribution in [1.29, 1.82) is 0 Å². The van der Waals surface area contributed by atoms with Gasteiger partial charge in [0.2, 0.25) is 5.76 Å². The second kappa shape index (κ2) is 5.53. The Labute approximate surface area is 108 Å². The molecule has 0 fully saturated rings. The van der Waals surface area contributed by atoms with Crippen molar-refractivity contribution in [2.24, 2.45) is 0 Å². The molecule has 1 aromatic carbocycles. The number of carboxylic acids is 2. The van der Waals surface area contributed by atoms with Crippen LogP contribution in [-0.4, -0.2) is 30.6 Å². The summed E-state index contributed by atoms with van der Waals surface area (Å²) in [6.07, 6.45) is 0.161. The average molecular weight is 286 g/mol. The summed E-state index contributed by atoms with van der Waals surface area (Å²) < 4.78 is 27.7. The van der Waals surface area contributed by atoms with Gasteiger partial charge < -0.3 is 14.4 Å². The minimum Gasteiger partial charge on any atom is -0.478 e. The lowest BCUT2D eigenvalue weighted by molar-refractivity contribution is -0.137.